The number of carbonyl (C=O) groups excluding carboxylic acids is 2. The van der Waals surface area contributed by atoms with Crippen LogP contribution in [0.1, 0.15) is 37.0 Å². The summed E-state index contributed by atoms with van der Waals surface area (Å²) < 4.78 is 1.82. The predicted octanol–water partition coefficient (Wildman–Crippen LogP) is 3.80. The van der Waals surface area contributed by atoms with Crippen LogP contribution in [-0.2, 0) is 11.8 Å². The van der Waals surface area contributed by atoms with E-state index in [-0.39, 0.29) is 11.8 Å². The summed E-state index contributed by atoms with van der Waals surface area (Å²) in [6.07, 6.45) is 12.8. The minimum absolute atomic E-state index is 0.153. The Hall–Kier alpha value is -3.42. The van der Waals surface area contributed by atoms with Gasteiger partial charge in [0.2, 0.25) is 0 Å². The van der Waals surface area contributed by atoms with Crippen LogP contribution in [-0.4, -0.2) is 29.0 Å². The molecular formula is C26H30ClN5O2. The topological polar surface area (TPSA) is 87.5 Å². The molecule has 0 saturated heterocycles. The lowest BCUT2D eigenvalue weighted by molar-refractivity contribution is -0.117. The Kier molecular flexibility index (Phi) is 8.26. The first kappa shape index (κ1) is 25.2. The van der Waals surface area contributed by atoms with E-state index in [0.29, 0.717) is 16.1 Å². The first-order chi connectivity index (χ1) is 16.2. The Morgan fingerprint density at radius 1 is 1.21 bits per heavy atom. The molecule has 34 heavy (non-hydrogen) atoms. The summed E-state index contributed by atoms with van der Waals surface area (Å²) in [5.74, 6) is -0.453. The molecule has 0 atom stereocenters. The number of hydrogen-bond acceptors (Lipinski definition) is 4. The fraction of sp³-hybridized carbons (Fsp3) is 0.269. The van der Waals surface area contributed by atoms with Crippen molar-refractivity contribution >= 4 is 23.4 Å². The standard InChI is InChI=1S/C26H30ClN5O2/c1-26(2,20-8-6-5-7-9-20)30-25(34)18-10-12-22(27)21(16-18)19-11-13-23(32(4)17-19)29-15-14-24(33)31-28-3/h5-6,8,10-17,28H,7,9H2,1-4H3,(H,30,34)(H,31,33)/b15-14+,29-23?. The molecule has 0 spiro atoms. The number of aryl methyl sites for hydroxylation is 1. The summed E-state index contributed by atoms with van der Waals surface area (Å²) in [7, 11) is 3.46. The summed E-state index contributed by atoms with van der Waals surface area (Å²) in [6.45, 7) is 4.04. The second kappa shape index (κ2) is 11.1. The van der Waals surface area contributed by atoms with Crippen molar-refractivity contribution in [1.82, 2.24) is 20.7 Å². The van der Waals surface area contributed by atoms with E-state index >= 15 is 0 Å². The van der Waals surface area contributed by atoms with Crippen LogP contribution in [0.15, 0.2) is 77.6 Å². The Labute approximate surface area is 204 Å². The average molecular weight is 480 g/mol. The molecule has 1 aromatic heterocycles. The monoisotopic (exact) mass is 479 g/mol. The third-order valence-electron chi connectivity index (χ3n) is 5.57. The van der Waals surface area contributed by atoms with Gasteiger partial charge < -0.3 is 9.88 Å². The molecule has 0 unspecified atom stereocenters. The zero-order valence-electron chi connectivity index (χ0n) is 19.9. The molecule has 0 fully saturated rings. The van der Waals surface area contributed by atoms with Gasteiger partial charge in [-0.15, -0.1) is 0 Å². The molecule has 1 aliphatic rings. The Morgan fingerprint density at radius 3 is 2.68 bits per heavy atom. The molecule has 0 bridgehead atoms. The first-order valence-corrected chi connectivity index (χ1v) is 11.4. The molecule has 2 amide bonds. The van der Waals surface area contributed by atoms with Crippen molar-refractivity contribution in [2.45, 2.75) is 32.2 Å². The van der Waals surface area contributed by atoms with Gasteiger partial charge in [0.05, 0.1) is 5.54 Å². The van der Waals surface area contributed by atoms with Crippen molar-refractivity contribution in [2.75, 3.05) is 7.05 Å². The fourth-order valence-corrected chi connectivity index (χ4v) is 3.91. The maximum atomic E-state index is 13.1. The van der Waals surface area contributed by atoms with Crippen LogP contribution in [0.5, 0.6) is 0 Å². The van der Waals surface area contributed by atoms with Crippen molar-refractivity contribution in [3.63, 3.8) is 0 Å². The molecule has 178 valence electrons. The van der Waals surface area contributed by atoms with Gasteiger partial charge in [-0.2, -0.15) is 0 Å². The molecule has 0 radical (unpaired) electrons. The summed E-state index contributed by atoms with van der Waals surface area (Å²) in [6, 6.07) is 8.98. The van der Waals surface area contributed by atoms with Gasteiger partial charge in [-0.3, -0.25) is 15.0 Å². The van der Waals surface area contributed by atoms with Crippen LogP contribution in [0.2, 0.25) is 5.02 Å². The average Bonchev–Trinajstić information content (AvgIpc) is 2.81. The van der Waals surface area contributed by atoms with Crippen LogP contribution in [0.4, 0.5) is 0 Å². The van der Waals surface area contributed by atoms with Crippen molar-refractivity contribution in [3.05, 3.63) is 88.7 Å². The molecular weight excluding hydrogens is 450 g/mol. The maximum Gasteiger partial charge on any atom is 0.259 e. The summed E-state index contributed by atoms with van der Waals surface area (Å²) in [5.41, 5.74) is 8.52. The van der Waals surface area contributed by atoms with Gasteiger partial charge in [0, 0.05) is 48.7 Å². The second-order valence-electron chi connectivity index (χ2n) is 8.50. The number of rotatable bonds is 7. The lowest BCUT2D eigenvalue weighted by Crippen LogP contribution is -2.45. The van der Waals surface area contributed by atoms with Crippen LogP contribution < -0.4 is 21.7 Å². The van der Waals surface area contributed by atoms with E-state index < -0.39 is 5.54 Å². The lowest BCUT2D eigenvalue weighted by atomic mass is 9.87. The Morgan fingerprint density at radius 2 is 2.00 bits per heavy atom. The Bertz CT molecular complexity index is 1240. The minimum Gasteiger partial charge on any atom is -0.343 e. The molecule has 7 nitrogen and oxygen atoms in total. The highest BCUT2D eigenvalue weighted by Gasteiger charge is 2.26. The van der Waals surface area contributed by atoms with E-state index in [1.54, 1.807) is 25.2 Å². The van der Waals surface area contributed by atoms with Crippen molar-refractivity contribution in [3.8, 4) is 11.1 Å². The van der Waals surface area contributed by atoms with E-state index in [1.807, 2.05) is 49.9 Å². The van der Waals surface area contributed by atoms with Gasteiger partial charge in [-0.05, 0) is 68.2 Å². The molecule has 1 aromatic carbocycles. The molecule has 1 aliphatic carbocycles. The normalized spacial score (nSPS) is 14.3. The number of allylic oxidation sites excluding steroid dienone is 3. The number of nitrogens with zero attached hydrogens (tertiary/aromatic N) is 2. The fourth-order valence-electron chi connectivity index (χ4n) is 3.69. The summed E-state index contributed by atoms with van der Waals surface area (Å²) in [4.78, 5) is 28.9. The van der Waals surface area contributed by atoms with Crippen molar-refractivity contribution in [1.29, 1.82) is 0 Å². The highest BCUT2D eigenvalue weighted by Crippen LogP contribution is 2.29. The number of amides is 2. The van der Waals surface area contributed by atoms with Crippen molar-refractivity contribution in [2.24, 2.45) is 12.0 Å². The molecule has 8 heteroatoms. The van der Waals surface area contributed by atoms with Gasteiger partial charge >= 0.3 is 0 Å². The number of halogens is 1. The van der Waals surface area contributed by atoms with E-state index in [2.05, 4.69) is 33.3 Å². The number of carbonyl (C=O) groups is 2. The number of benzene rings is 1. The number of pyridine rings is 1. The van der Waals surface area contributed by atoms with E-state index in [4.69, 9.17) is 11.6 Å². The number of aromatic nitrogens is 1. The lowest BCUT2D eigenvalue weighted by Gasteiger charge is -2.30. The highest BCUT2D eigenvalue weighted by molar-refractivity contribution is 6.33. The molecule has 1 heterocycles. The zero-order chi connectivity index (χ0) is 24.7. The number of hydrazine groups is 1. The zero-order valence-corrected chi connectivity index (χ0v) is 20.6. The predicted molar refractivity (Wildman–Crippen MR) is 136 cm³/mol. The van der Waals surface area contributed by atoms with E-state index in [9.17, 15) is 9.59 Å². The minimum atomic E-state index is -0.450. The molecule has 2 aromatic rings. The highest BCUT2D eigenvalue weighted by atomic mass is 35.5. The van der Waals surface area contributed by atoms with E-state index in [0.717, 1.165) is 24.0 Å². The number of nitrogens with one attached hydrogen (secondary N) is 3. The Balaban J connectivity index is 1.84. The summed E-state index contributed by atoms with van der Waals surface area (Å²) >= 11 is 6.49. The van der Waals surface area contributed by atoms with Gasteiger partial charge in [0.25, 0.3) is 11.8 Å². The van der Waals surface area contributed by atoms with Crippen LogP contribution in [0.3, 0.4) is 0 Å². The SMILES string of the molecule is CNNC(=O)/C=C/N=c1ccc(-c2cc(C(=O)NC(C)(C)C3=CC=CCC3)ccc2Cl)cn1C. The quantitative estimate of drug-likeness (QED) is 0.417. The van der Waals surface area contributed by atoms with Gasteiger partial charge in [-0.25, -0.2) is 10.4 Å². The van der Waals surface area contributed by atoms with E-state index in [1.165, 1.54) is 17.8 Å². The van der Waals surface area contributed by atoms with Crippen molar-refractivity contribution < 1.29 is 9.59 Å². The first-order valence-electron chi connectivity index (χ1n) is 11.0. The third-order valence-corrected chi connectivity index (χ3v) is 5.90. The molecule has 0 saturated carbocycles. The van der Waals surface area contributed by atoms with Crippen LogP contribution in [0.25, 0.3) is 11.1 Å². The largest absolute Gasteiger partial charge is 0.343 e. The van der Waals surface area contributed by atoms with Crippen LogP contribution >= 0.6 is 11.6 Å². The number of hydrogen-bond donors (Lipinski definition) is 3. The van der Waals surface area contributed by atoms with Gasteiger partial charge in [-0.1, -0.05) is 29.8 Å². The summed E-state index contributed by atoms with van der Waals surface area (Å²) in [5, 5.41) is 3.70. The third kappa shape index (κ3) is 6.34. The second-order valence-corrected chi connectivity index (χ2v) is 8.91. The maximum absolute atomic E-state index is 13.1. The van der Waals surface area contributed by atoms with Gasteiger partial charge in [0.15, 0.2) is 0 Å². The molecule has 3 rings (SSSR count). The molecule has 3 N–H and O–H groups in total. The smallest absolute Gasteiger partial charge is 0.259 e. The molecule has 0 aliphatic heterocycles. The van der Waals surface area contributed by atoms with Gasteiger partial charge in [0.1, 0.15) is 5.49 Å². The van der Waals surface area contributed by atoms with Crippen LogP contribution in [0, 0.1) is 0 Å².